The number of furan rings is 1. The van der Waals surface area contributed by atoms with Gasteiger partial charge < -0.3 is 14.8 Å². The third-order valence-electron chi connectivity index (χ3n) is 2.65. The van der Waals surface area contributed by atoms with Gasteiger partial charge >= 0.3 is 5.97 Å². The highest BCUT2D eigenvalue weighted by Crippen LogP contribution is 2.34. The lowest BCUT2D eigenvalue weighted by atomic mass is 10.2. The van der Waals surface area contributed by atoms with Crippen molar-refractivity contribution in [2.24, 2.45) is 0 Å². The maximum absolute atomic E-state index is 10.7. The van der Waals surface area contributed by atoms with Gasteiger partial charge in [0, 0.05) is 5.54 Å². The van der Waals surface area contributed by atoms with Gasteiger partial charge in [-0.15, -0.1) is 0 Å². The van der Waals surface area contributed by atoms with Crippen LogP contribution >= 0.6 is 0 Å². The van der Waals surface area contributed by atoms with Gasteiger partial charge in [0.25, 0.3) is 0 Å². The number of hydrogen-bond acceptors (Lipinski definition) is 3. The fourth-order valence-corrected chi connectivity index (χ4v) is 1.33. The van der Waals surface area contributed by atoms with Crippen molar-refractivity contribution >= 4 is 5.97 Å². The number of carbonyl (C=O) groups is 1. The predicted molar refractivity (Wildman–Crippen MR) is 50.1 cm³/mol. The predicted octanol–water partition coefficient (Wildman–Crippen LogP) is 1.62. The van der Waals surface area contributed by atoms with Gasteiger partial charge in [-0.05, 0) is 25.8 Å². The minimum absolute atomic E-state index is 0.197. The van der Waals surface area contributed by atoms with Crippen molar-refractivity contribution in [1.29, 1.82) is 0 Å². The van der Waals surface area contributed by atoms with Crippen molar-refractivity contribution in [3.8, 4) is 0 Å². The third kappa shape index (κ3) is 1.80. The zero-order valence-electron chi connectivity index (χ0n) is 8.04. The van der Waals surface area contributed by atoms with Crippen LogP contribution in [0.4, 0.5) is 0 Å². The lowest BCUT2D eigenvalue weighted by Gasteiger charge is -2.09. The Hall–Kier alpha value is -1.29. The minimum Gasteiger partial charge on any atom is -0.478 e. The number of carboxylic acids is 1. The number of hydrogen-bond donors (Lipinski definition) is 2. The van der Waals surface area contributed by atoms with E-state index in [4.69, 9.17) is 9.52 Å². The number of aromatic carboxylic acids is 1. The molecular weight excluding hydrogens is 182 g/mol. The molecule has 0 bridgehead atoms. The summed E-state index contributed by atoms with van der Waals surface area (Å²) in [6.45, 7) is 2.61. The normalized spacial score (nSPS) is 18.1. The molecule has 1 aliphatic rings. The average molecular weight is 195 g/mol. The molecule has 1 aliphatic carbocycles. The molecule has 0 radical (unpaired) electrons. The summed E-state index contributed by atoms with van der Waals surface area (Å²) in [5, 5.41) is 12.1. The summed E-state index contributed by atoms with van der Waals surface area (Å²) in [5.74, 6) is -0.429. The fourth-order valence-electron chi connectivity index (χ4n) is 1.33. The van der Waals surface area contributed by atoms with Gasteiger partial charge in [-0.1, -0.05) is 0 Å². The molecule has 76 valence electrons. The highest BCUT2D eigenvalue weighted by Gasteiger charge is 2.36. The van der Waals surface area contributed by atoms with Gasteiger partial charge in [-0.25, -0.2) is 4.79 Å². The molecule has 1 aromatic rings. The first kappa shape index (κ1) is 9.27. The quantitative estimate of drug-likeness (QED) is 0.766. The molecule has 4 heteroatoms. The van der Waals surface area contributed by atoms with Gasteiger partial charge in [0.15, 0.2) is 0 Å². The molecule has 0 unspecified atom stereocenters. The lowest BCUT2D eigenvalue weighted by molar-refractivity contribution is 0.0694. The molecule has 0 spiro atoms. The lowest BCUT2D eigenvalue weighted by Crippen LogP contribution is -2.27. The zero-order valence-corrected chi connectivity index (χ0v) is 8.04. The first-order valence-corrected chi connectivity index (χ1v) is 4.65. The molecular formula is C10H13NO3. The second kappa shape index (κ2) is 3.13. The molecule has 0 saturated heterocycles. The highest BCUT2D eigenvalue weighted by atomic mass is 16.4. The van der Waals surface area contributed by atoms with Crippen LogP contribution in [0.5, 0.6) is 0 Å². The number of carboxylic acid groups (broad SMARTS) is 1. The van der Waals surface area contributed by atoms with Crippen molar-refractivity contribution in [2.75, 3.05) is 0 Å². The van der Waals surface area contributed by atoms with E-state index >= 15 is 0 Å². The smallest absolute Gasteiger partial charge is 0.339 e. The second-order valence-corrected chi connectivity index (χ2v) is 3.98. The molecule has 1 heterocycles. The summed E-state index contributed by atoms with van der Waals surface area (Å²) in [5.41, 5.74) is 0.449. The molecule has 0 amide bonds. The van der Waals surface area contributed by atoms with E-state index in [0.717, 1.165) is 12.8 Å². The van der Waals surface area contributed by atoms with Crippen LogP contribution in [0, 0.1) is 0 Å². The van der Waals surface area contributed by atoms with Crippen molar-refractivity contribution in [3.63, 3.8) is 0 Å². The molecule has 14 heavy (non-hydrogen) atoms. The van der Waals surface area contributed by atoms with Gasteiger partial charge in [0.2, 0.25) is 0 Å². The van der Waals surface area contributed by atoms with Gasteiger partial charge in [-0.3, -0.25) is 0 Å². The van der Waals surface area contributed by atoms with E-state index in [9.17, 15) is 4.79 Å². The molecule has 1 fully saturated rings. The Morgan fingerprint density at radius 1 is 1.71 bits per heavy atom. The van der Waals surface area contributed by atoms with Crippen LogP contribution < -0.4 is 5.32 Å². The van der Waals surface area contributed by atoms with Crippen molar-refractivity contribution in [1.82, 2.24) is 5.32 Å². The summed E-state index contributed by atoms with van der Waals surface area (Å²) in [7, 11) is 0. The number of nitrogens with one attached hydrogen (secondary N) is 1. The fraction of sp³-hybridized carbons (Fsp3) is 0.500. The van der Waals surface area contributed by atoms with E-state index in [1.807, 2.05) is 0 Å². The van der Waals surface area contributed by atoms with Crippen LogP contribution in [0.15, 0.2) is 16.7 Å². The van der Waals surface area contributed by atoms with Crippen LogP contribution in [0.2, 0.25) is 0 Å². The maximum atomic E-state index is 10.7. The van der Waals surface area contributed by atoms with E-state index in [2.05, 4.69) is 12.2 Å². The summed E-state index contributed by atoms with van der Waals surface area (Å²) in [4.78, 5) is 10.7. The zero-order chi connectivity index (χ0) is 10.2. The van der Waals surface area contributed by atoms with Crippen LogP contribution in [0.25, 0.3) is 0 Å². The molecule has 0 aromatic carbocycles. The summed E-state index contributed by atoms with van der Waals surface area (Å²) in [6.07, 6.45) is 3.71. The Morgan fingerprint density at radius 3 is 3.00 bits per heavy atom. The van der Waals surface area contributed by atoms with E-state index in [1.165, 1.54) is 12.3 Å². The van der Waals surface area contributed by atoms with E-state index in [0.29, 0.717) is 12.3 Å². The van der Waals surface area contributed by atoms with Gasteiger partial charge in [0.05, 0.1) is 12.8 Å². The molecule has 4 nitrogen and oxygen atoms in total. The standard InChI is InChI=1S/C10H13NO3/c1-10(3-4-10)11-6-8-7(9(12)13)2-5-14-8/h2,5,11H,3-4,6H2,1H3,(H,12,13). The first-order valence-electron chi connectivity index (χ1n) is 4.65. The first-order chi connectivity index (χ1) is 6.61. The number of rotatable bonds is 4. The Morgan fingerprint density at radius 2 is 2.43 bits per heavy atom. The van der Waals surface area contributed by atoms with E-state index in [-0.39, 0.29) is 11.1 Å². The maximum Gasteiger partial charge on any atom is 0.339 e. The highest BCUT2D eigenvalue weighted by molar-refractivity contribution is 5.88. The van der Waals surface area contributed by atoms with Crippen molar-refractivity contribution < 1.29 is 14.3 Å². The molecule has 2 N–H and O–H groups in total. The second-order valence-electron chi connectivity index (χ2n) is 3.98. The summed E-state index contributed by atoms with van der Waals surface area (Å²) >= 11 is 0. The van der Waals surface area contributed by atoms with Crippen molar-refractivity contribution in [3.05, 3.63) is 23.7 Å². The Balaban J connectivity index is 2.01. The van der Waals surface area contributed by atoms with Crippen LogP contribution in [-0.2, 0) is 6.54 Å². The largest absolute Gasteiger partial charge is 0.478 e. The van der Waals surface area contributed by atoms with Crippen LogP contribution in [0.1, 0.15) is 35.9 Å². The Kier molecular flexibility index (Phi) is 2.07. The average Bonchev–Trinajstić information content (AvgIpc) is 2.68. The summed E-state index contributed by atoms with van der Waals surface area (Å²) in [6, 6.07) is 1.48. The van der Waals surface area contributed by atoms with E-state index in [1.54, 1.807) is 0 Å². The van der Waals surface area contributed by atoms with E-state index < -0.39 is 5.97 Å². The topological polar surface area (TPSA) is 62.5 Å². The Bertz CT molecular complexity index is 352. The molecule has 1 saturated carbocycles. The van der Waals surface area contributed by atoms with Crippen LogP contribution in [0.3, 0.4) is 0 Å². The molecule has 0 atom stereocenters. The monoisotopic (exact) mass is 195 g/mol. The molecule has 1 aromatic heterocycles. The summed E-state index contributed by atoms with van der Waals surface area (Å²) < 4.78 is 5.11. The van der Waals surface area contributed by atoms with Gasteiger partial charge in [-0.2, -0.15) is 0 Å². The van der Waals surface area contributed by atoms with Gasteiger partial charge in [0.1, 0.15) is 11.3 Å². The SMILES string of the molecule is CC1(NCc2occc2C(=O)O)CC1. The molecule has 0 aliphatic heterocycles. The van der Waals surface area contributed by atoms with Crippen LogP contribution in [-0.4, -0.2) is 16.6 Å². The molecule has 2 rings (SSSR count). The Labute approximate surface area is 81.9 Å². The minimum atomic E-state index is -0.934. The van der Waals surface area contributed by atoms with Crippen molar-refractivity contribution in [2.45, 2.75) is 31.8 Å². The third-order valence-corrected chi connectivity index (χ3v) is 2.65.